The van der Waals surface area contributed by atoms with Crippen LogP contribution in [0.2, 0.25) is 0 Å². The van der Waals surface area contributed by atoms with Crippen LogP contribution in [0.25, 0.3) is 0 Å². The molecule has 0 spiro atoms. The molecule has 0 unspecified atom stereocenters. The monoisotopic (exact) mass is 396 g/mol. The Bertz CT molecular complexity index is 845. The van der Waals surface area contributed by atoms with Crippen LogP contribution < -0.4 is 10.6 Å². The quantitative estimate of drug-likeness (QED) is 0.748. The Morgan fingerprint density at radius 3 is 2.41 bits per heavy atom. The highest BCUT2D eigenvalue weighted by molar-refractivity contribution is 5.97. The summed E-state index contributed by atoms with van der Waals surface area (Å²) >= 11 is 0. The van der Waals surface area contributed by atoms with E-state index in [0.29, 0.717) is 23.6 Å². The lowest BCUT2D eigenvalue weighted by Crippen LogP contribution is -2.47. The Morgan fingerprint density at radius 1 is 1.07 bits per heavy atom. The normalized spacial score (nSPS) is 20.0. The highest BCUT2D eigenvalue weighted by Gasteiger charge is 2.28. The maximum absolute atomic E-state index is 13.8. The largest absolute Gasteiger partial charge is 0.344 e. The number of nitrogens with one attached hydrogen (secondary N) is 2. The summed E-state index contributed by atoms with van der Waals surface area (Å²) in [6, 6.07) is 13.5. The molecule has 3 rings (SSSR count). The fourth-order valence-electron chi connectivity index (χ4n) is 3.77. The Morgan fingerprint density at radius 2 is 1.76 bits per heavy atom. The number of benzene rings is 2. The second-order valence-electron chi connectivity index (χ2n) is 8.16. The van der Waals surface area contributed by atoms with Crippen LogP contribution >= 0.6 is 0 Å². The average molecular weight is 397 g/mol. The molecule has 1 saturated carbocycles. The molecule has 1 atom stereocenters. The Labute approximate surface area is 171 Å². The van der Waals surface area contributed by atoms with E-state index in [0.717, 1.165) is 31.2 Å². The predicted octanol–water partition coefficient (Wildman–Crippen LogP) is 4.63. The van der Waals surface area contributed by atoms with Gasteiger partial charge in [-0.05, 0) is 61.8 Å². The number of hydrogen-bond acceptors (Lipinski definition) is 2. The van der Waals surface area contributed by atoms with E-state index in [9.17, 15) is 14.0 Å². The topological polar surface area (TPSA) is 58.2 Å². The van der Waals surface area contributed by atoms with E-state index in [1.54, 1.807) is 19.1 Å². The van der Waals surface area contributed by atoms with Gasteiger partial charge < -0.3 is 10.6 Å². The Balaban J connectivity index is 1.72. The van der Waals surface area contributed by atoms with Crippen molar-refractivity contribution in [3.8, 4) is 0 Å². The van der Waals surface area contributed by atoms with E-state index in [4.69, 9.17) is 0 Å². The first-order chi connectivity index (χ1) is 13.9. The second kappa shape index (κ2) is 9.68. The predicted molar refractivity (Wildman–Crippen MR) is 113 cm³/mol. The molecule has 154 valence electrons. The zero-order valence-electron chi connectivity index (χ0n) is 17.1. The molecule has 29 heavy (non-hydrogen) atoms. The molecular weight excluding hydrogens is 367 g/mol. The molecule has 2 aromatic carbocycles. The van der Waals surface area contributed by atoms with E-state index >= 15 is 0 Å². The minimum absolute atomic E-state index is 0.0471. The third-order valence-electron chi connectivity index (χ3n) is 5.74. The molecule has 0 aliphatic heterocycles. The molecule has 1 aliphatic carbocycles. The van der Waals surface area contributed by atoms with Crippen LogP contribution in [0.3, 0.4) is 0 Å². The minimum Gasteiger partial charge on any atom is -0.344 e. The molecule has 0 bridgehead atoms. The molecule has 0 aromatic heterocycles. The molecule has 0 heterocycles. The summed E-state index contributed by atoms with van der Waals surface area (Å²) in [5.74, 6) is -0.173. The first-order valence-electron chi connectivity index (χ1n) is 10.3. The van der Waals surface area contributed by atoms with Crippen molar-refractivity contribution in [2.24, 2.45) is 11.8 Å². The number of rotatable bonds is 6. The van der Waals surface area contributed by atoms with Crippen LogP contribution in [-0.2, 0) is 16.0 Å². The standard InChI is InChI=1S/C24H29FN2O2/c1-16-8-11-19(12-9-16)23(28)27-22(14-18-6-4-3-5-7-18)24(29)26-20-13-10-17(2)21(25)15-20/h3-7,10,13,15-16,19,22H,8-9,11-12,14H2,1-2H3,(H,26,29)(H,27,28)/t16?,19?,22-/m1/s1. The van der Waals surface area contributed by atoms with Gasteiger partial charge in [0.1, 0.15) is 11.9 Å². The van der Waals surface area contributed by atoms with Crippen molar-refractivity contribution in [1.29, 1.82) is 0 Å². The van der Waals surface area contributed by atoms with Crippen molar-refractivity contribution >= 4 is 17.5 Å². The maximum Gasteiger partial charge on any atom is 0.247 e. The SMILES string of the molecule is Cc1ccc(NC(=O)[C@@H](Cc2ccccc2)NC(=O)C2CCC(C)CC2)cc1F. The zero-order chi connectivity index (χ0) is 20.8. The number of anilines is 1. The van der Waals surface area contributed by atoms with Crippen molar-refractivity contribution in [3.05, 3.63) is 65.5 Å². The number of halogens is 1. The van der Waals surface area contributed by atoms with Gasteiger partial charge in [-0.25, -0.2) is 4.39 Å². The van der Waals surface area contributed by atoms with Gasteiger partial charge in [-0.15, -0.1) is 0 Å². The Kier molecular flexibility index (Phi) is 7.02. The van der Waals surface area contributed by atoms with Crippen molar-refractivity contribution in [1.82, 2.24) is 5.32 Å². The fraction of sp³-hybridized carbons (Fsp3) is 0.417. The van der Waals surface area contributed by atoms with Gasteiger partial charge in [0.05, 0.1) is 0 Å². The lowest BCUT2D eigenvalue weighted by atomic mass is 9.82. The molecule has 0 saturated heterocycles. The van der Waals surface area contributed by atoms with Crippen LogP contribution in [0.4, 0.5) is 10.1 Å². The zero-order valence-corrected chi connectivity index (χ0v) is 17.1. The number of carbonyl (C=O) groups excluding carboxylic acids is 2. The number of carbonyl (C=O) groups is 2. The van der Waals surface area contributed by atoms with Gasteiger partial charge in [-0.1, -0.05) is 43.3 Å². The highest BCUT2D eigenvalue weighted by atomic mass is 19.1. The lowest BCUT2D eigenvalue weighted by Gasteiger charge is -2.27. The van der Waals surface area contributed by atoms with Crippen LogP contribution in [0.5, 0.6) is 0 Å². The van der Waals surface area contributed by atoms with Gasteiger partial charge >= 0.3 is 0 Å². The minimum atomic E-state index is -0.714. The van der Waals surface area contributed by atoms with Crippen molar-refractivity contribution in [3.63, 3.8) is 0 Å². The van der Waals surface area contributed by atoms with Gasteiger partial charge in [0.2, 0.25) is 11.8 Å². The lowest BCUT2D eigenvalue weighted by molar-refractivity contribution is -0.130. The van der Waals surface area contributed by atoms with E-state index in [1.807, 2.05) is 30.3 Å². The number of hydrogen-bond donors (Lipinski definition) is 2. The molecule has 1 fully saturated rings. The van der Waals surface area contributed by atoms with Crippen LogP contribution in [0.1, 0.15) is 43.7 Å². The highest BCUT2D eigenvalue weighted by Crippen LogP contribution is 2.28. The Hall–Kier alpha value is -2.69. The van der Waals surface area contributed by atoms with E-state index in [2.05, 4.69) is 17.6 Å². The third kappa shape index (κ3) is 5.89. The summed E-state index contributed by atoms with van der Waals surface area (Å²) in [5, 5.41) is 5.70. The molecule has 2 amide bonds. The van der Waals surface area contributed by atoms with Crippen LogP contribution in [-0.4, -0.2) is 17.9 Å². The van der Waals surface area contributed by atoms with Crippen LogP contribution in [0, 0.1) is 24.6 Å². The van der Waals surface area contributed by atoms with E-state index < -0.39 is 6.04 Å². The summed E-state index contributed by atoms with van der Waals surface area (Å²) in [7, 11) is 0. The first-order valence-corrected chi connectivity index (χ1v) is 10.3. The number of amides is 2. The van der Waals surface area contributed by atoms with Crippen molar-refractivity contribution in [2.75, 3.05) is 5.32 Å². The van der Waals surface area contributed by atoms with E-state index in [-0.39, 0.29) is 23.5 Å². The molecule has 2 N–H and O–H groups in total. The van der Waals surface area contributed by atoms with Gasteiger partial charge in [0, 0.05) is 18.0 Å². The molecular formula is C24H29FN2O2. The van der Waals surface area contributed by atoms with Gasteiger partial charge in [0.15, 0.2) is 0 Å². The van der Waals surface area contributed by atoms with Crippen LogP contribution in [0.15, 0.2) is 48.5 Å². The van der Waals surface area contributed by atoms with Gasteiger partial charge in [0.25, 0.3) is 0 Å². The maximum atomic E-state index is 13.8. The molecule has 4 nitrogen and oxygen atoms in total. The smallest absolute Gasteiger partial charge is 0.247 e. The first kappa shape index (κ1) is 21.0. The average Bonchev–Trinajstić information content (AvgIpc) is 2.71. The summed E-state index contributed by atoms with van der Waals surface area (Å²) in [4.78, 5) is 25.7. The third-order valence-corrected chi connectivity index (χ3v) is 5.74. The summed E-state index contributed by atoms with van der Waals surface area (Å²) < 4.78 is 13.8. The second-order valence-corrected chi connectivity index (χ2v) is 8.16. The summed E-state index contributed by atoms with van der Waals surface area (Å²) in [5.41, 5.74) is 1.86. The molecule has 1 aliphatic rings. The number of aryl methyl sites for hydroxylation is 1. The van der Waals surface area contributed by atoms with Crippen molar-refractivity contribution in [2.45, 2.75) is 52.0 Å². The molecule has 5 heteroatoms. The summed E-state index contributed by atoms with van der Waals surface area (Å²) in [6.45, 7) is 3.88. The van der Waals surface area contributed by atoms with Gasteiger partial charge in [-0.2, -0.15) is 0 Å². The molecule has 0 radical (unpaired) electrons. The van der Waals surface area contributed by atoms with Gasteiger partial charge in [-0.3, -0.25) is 9.59 Å². The van der Waals surface area contributed by atoms with E-state index in [1.165, 1.54) is 6.07 Å². The fourth-order valence-corrected chi connectivity index (χ4v) is 3.77. The summed E-state index contributed by atoms with van der Waals surface area (Å²) in [6.07, 6.45) is 4.17. The van der Waals surface area contributed by atoms with Crippen molar-refractivity contribution < 1.29 is 14.0 Å². The molecule has 2 aromatic rings.